The van der Waals surface area contributed by atoms with Crippen LogP contribution >= 0.6 is 23.2 Å². The quantitative estimate of drug-likeness (QED) is 0.613. The van der Waals surface area contributed by atoms with E-state index in [0.29, 0.717) is 21.4 Å². The van der Waals surface area contributed by atoms with Gasteiger partial charge < -0.3 is 4.42 Å². The molecule has 0 bridgehead atoms. The molecule has 3 rings (SSSR count). The second-order valence-electron chi connectivity index (χ2n) is 4.97. The lowest BCUT2D eigenvalue weighted by Gasteiger charge is -2.10. The second kappa shape index (κ2) is 5.99. The van der Waals surface area contributed by atoms with Gasteiger partial charge in [0.05, 0.1) is 0 Å². The molecule has 0 amide bonds. The third kappa shape index (κ3) is 2.94. The average Bonchev–Trinajstić information content (AvgIpc) is 2.51. The SMILES string of the molecule is Cc1cc(-c2ccc(Cl)cc2)c(-c2ccc(Cl)cc2)oc1=O. The van der Waals surface area contributed by atoms with Crippen molar-refractivity contribution >= 4 is 23.2 Å². The van der Waals surface area contributed by atoms with Crippen molar-refractivity contribution in [1.29, 1.82) is 0 Å². The van der Waals surface area contributed by atoms with Crippen LogP contribution in [0.4, 0.5) is 0 Å². The largest absolute Gasteiger partial charge is 0.422 e. The van der Waals surface area contributed by atoms with Gasteiger partial charge in [-0.15, -0.1) is 0 Å². The van der Waals surface area contributed by atoms with Gasteiger partial charge in [-0.3, -0.25) is 0 Å². The van der Waals surface area contributed by atoms with E-state index in [1.165, 1.54) is 0 Å². The number of hydrogen-bond acceptors (Lipinski definition) is 2. The molecular weight excluding hydrogens is 319 g/mol. The van der Waals surface area contributed by atoms with Gasteiger partial charge in [0.25, 0.3) is 0 Å². The molecule has 2 aromatic carbocycles. The Labute approximate surface area is 137 Å². The molecule has 0 unspecified atom stereocenters. The van der Waals surface area contributed by atoms with Crippen LogP contribution in [0, 0.1) is 6.92 Å². The third-order valence-electron chi connectivity index (χ3n) is 3.38. The zero-order valence-electron chi connectivity index (χ0n) is 11.8. The van der Waals surface area contributed by atoms with Crippen molar-refractivity contribution in [2.45, 2.75) is 6.92 Å². The van der Waals surface area contributed by atoms with Crippen LogP contribution in [0.2, 0.25) is 10.0 Å². The molecule has 22 heavy (non-hydrogen) atoms. The van der Waals surface area contributed by atoms with Crippen molar-refractivity contribution in [3.8, 4) is 22.5 Å². The normalized spacial score (nSPS) is 10.7. The van der Waals surface area contributed by atoms with E-state index in [9.17, 15) is 4.79 Å². The minimum atomic E-state index is -0.345. The molecule has 0 atom stereocenters. The maximum Gasteiger partial charge on any atom is 0.339 e. The van der Waals surface area contributed by atoms with E-state index >= 15 is 0 Å². The van der Waals surface area contributed by atoms with Crippen molar-refractivity contribution in [2.24, 2.45) is 0 Å². The smallest absolute Gasteiger partial charge is 0.339 e. The van der Waals surface area contributed by atoms with Crippen LogP contribution in [0.5, 0.6) is 0 Å². The molecule has 0 fully saturated rings. The number of aryl methyl sites for hydroxylation is 1. The van der Waals surface area contributed by atoms with Crippen LogP contribution in [-0.2, 0) is 0 Å². The summed E-state index contributed by atoms with van der Waals surface area (Å²) in [5.41, 5.74) is 2.79. The van der Waals surface area contributed by atoms with E-state index in [1.54, 1.807) is 19.1 Å². The highest BCUT2D eigenvalue weighted by Gasteiger charge is 2.13. The third-order valence-corrected chi connectivity index (χ3v) is 3.89. The van der Waals surface area contributed by atoms with Crippen molar-refractivity contribution in [3.63, 3.8) is 0 Å². The molecular formula is C18H12Cl2O2. The van der Waals surface area contributed by atoms with E-state index in [4.69, 9.17) is 27.6 Å². The van der Waals surface area contributed by atoms with Gasteiger partial charge in [0.2, 0.25) is 0 Å². The minimum Gasteiger partial charge on any atom is -0.422 e. The van der Waals surface area contributed by atoms with Crippen LogP contribution < -0.4 is 5.63 Å². The van der Waals surface area contributed by atoms with Crippen LogP contribution in [-0.4, -0.2) is 0 Å². The number of halogens is 2. The average molecular weight is 331 g/mol. The van der Waals surface area contributed by atoms with Crippen LogP contribution in [0.25, 0.3) is 22.5 Å². The maximum absolute atomic E-state index is 11.9. The molecule has 1 heterocycles. The molecule has 3 aromatic rings. The first-order chi connectivity index (χ1) is 10.5. The summed E-state index contributed by atoms with van der Waals surface area (Å²) in [7, 11) is 0. The summed E-state index contributed by atoms with van der Waals surface area (Å²) in [6, 6.07) is 16.4. The van der Waals surface area contributed by atoms with E-state index in [2.05, 4.69) is 0 Å². The Hall–Kier alpha value is -2.03. The van der Waals surface area contributed by atoms with Crippen LogP contribution in [0.3, 0.4) is 0 Å². The molecule has 1 aromatic heterocycles. The first kappa shape index (κ1) is 14.9. The zero-order valence-corrected chi connectivity index (χ0v) is 13.3. The highest BCUT2D eigenvalue weighted by molar-refractivity contribution is 6.31. The second-order valence-corrected chi connectivity index (χ2v) is 5.85. The molecule has 0 radical (unpaired) electrons. The van der Waals surface area contributed by atoms with Crippen LogP contribution in [0.15, 0.2) is 63.8 Å². The summed E-state index contributed by atoms with van der Waals surface area (Å²) in [5, 5.41) is 1.29. The summed E-state index contributed by atoms with van der Waals surface area (Å²) in [4.78, 5) is 11.9. The molecule has 0 spiro atoms. The Kier molecular flexibility index (Phi) is 4.06. The molecule has 0 N–H and O–H groups in total. The fraction of sp³-hybridized carbons (Fsp3) is 0.0556. The first-order valence-electron chi connectivity index (χ1n) is 6.71. The minimum absolute atomic E-state index is 0.345. The van der Waals surface area contributed by atoms with Gasteiger partial charge in [-0.1, -0.05) is 35.3 Å². The molecule has 110 valence electrons. The summed E-state index contributed by atoms with van der Waals surface area (Å²) in [6.45, 7) is 1.73. The van der Waals surface area contributed by atoms with Crippen molar-refractivity contribution in [1.82, 2.24) is 0 Å². The van der Waals surface area contributed by atoms with Gasteiger partial charge in [-0.05, 0) is 55.0 Å². The lowest BCUT2D eigenvalue weighted by molar-refractivity contribution is 0.522. The Morgan fingerprint density at radius 3 is 1.86 bits per heavy atom. The molecule has 0 aliphatic heterocycles. The van der Waals surface area contributed by atoms with Gasteiger partial charge >= 0.3 is 5.63 Å². The Balaban J connectivity index is 2.24. The Bertz CT molecular complexity index is 863. The summed E-state index contributed by atoms with van der Waals surface area (Å²) < 4.78 is 5.52. The Morgan fingerprint density at radius 2 is 1.32 bits per heavy atom. The van der Waals surface area contributed by atoms with Crippen LogP contribution in [0.1, 0.15) is 5.56 Å². The summed E-state index contributed by atoms with van der Waals surface area (Å²) >= 11 is 11.9. The van der Waals surface area contributed by atoms with E-state index < -0.39 is 0 Å². The predicted octanol–water partition coefficient (Wildman–Crippen LogP) is 5.59. The highest BCUT2D eigenvalue weighted by atomic mass is 35.5. The molecule has 0 saturated heterocycles. The van der Waals surface area contributed by atoms with Crippen molar-refractivity contribution in [3.05, 3.63) is 80.6 Å². The number of rotatable bonds is 2. The monoisotopic (exact) mass is 330 g/mol. The van der Waals surface area contributed by atoms with Gasteiger partial charge in [-0.2, -0.15) is 0 Å². The lowest BCUT2D eigenvalue weighted by Crippen LogP contribution is -2.04. The molecule has 2 nitrogen and oxygen atoms in total. The Morgan fingerprint density at radius 1 is 0.818 bits per heavy atom. The van der Waals surface area contributed by atoms with Gasteiger partial charge in [-0.25, -0.2) is 4.79 Å². The molecule has 0 saturated carbocycles. The standard InChI is InChI=1S/C18H12Cl2O2/c1-11-10-16(12-2-6-14(19)7-3-12)17(22-18(11)21)13-4-8-15(20)9-5-13/h2-10H,1H3. The molecule has 0 aliphatic carbocycles. The van der Waals surface area contributed by atoms with Crippen molar-refractivity contribution in [2.75, 3.05) is 0 Å². The number of benzene rings is 2. The molecule has 4 heteroatoms. The first-order valence-corrected chi connectivity index (χ1v) is 7.47. The predicted molar refractivity (Wildman–Crippen MR) is 90.6 cm³/mol. The van der Waals surface area contributed by atoms with Crippen molar-refractivity contribution < 1.29 is 4.42 Å². The number of hydrogen-bond donors (Lipinski definition) is 0. The lowest BCUT2D eigenvalue weighted by atomic mass is 9.99. The van der Waals surface area contributed by atoms with E-state index in [0.717, 1.165) is 16.7 Å². The summed E-state index contributed by atoms with van der Waals surface area (Å²) in [5.74, 6) is 0.523. The molecule has 0 aliphatic rings. The van der Waals surface area contributed by atoms with E-state index in [1.807, 2.05) is 42.5 Å². The van der Waals surface area contributed by atoms with Gasteiger partial charge in [0, 0.05) is 26.7 Å². The summed E-state index contributed by atoms with van der Waals surface area (Å²) in [6.07, 6.45) is 0. The van der Waals surface area contributed by atoms with Gasteiger partial charge in [0.1, 0.15) is 5.76 Å². The zero-order chi connectivity index (χ0) is 15.7. The highest BCUT2D eigenvalue weighted by Crippen LogP contribution is 2.32. The fourth-order valence-electron chi connectivity index (χ4n) is 2.23. The fourth-order valence-corrected chi connectivity index (χ4v) is 2.48. The van der Waals surface area contributed by atoms with E-state index in [-0.39, 0.29) is 5.63 Å². The maximum atomic E-state index is 11.9. The van der Waals surface area contributed by atoms with Gasteiger partial charge in [0.15, 0.2) is 0 Å². The topological polar surface area (TPSA) is 30.2 Å².